The summed E-state index contributed by atoms with van der Waals surface area (Å²) in [5.74, 6) is -0.273. The molecule has 3 rings (SSSR count). The molecule has 3 aromatic carbocycles. The molecule has 29 heavy (non-hydrogen) atoms. The van der Waals surface area contributed by atoms with Gasteiger partial charge in [0, 0.05) is 41.5 Å². The zero-order valence-corrected chi connectivity index (χ0v) is 16.6. The Morgan fingerprint density at radius 3 is 2.28 bits per heavy atom. The molecule has 2 N–H and O–H groups in total. The molecule has 0 aliphatic heterocycles. The van der Waals surface area contributed by atoms with Crippen molar-refractivity contribution in [2.45, 2.75) is 0 Å². The van der Waals surface area contributed by atoms with Gasteiger partial charge in [0.25, 0.3) is 0 Å². The van der Waals surface area contributed by atoms with Crippen LogP contribution < -0.4 is 10.6 Å². The lowest BCUT2D eigenvalue weighted by atomic mass is 10.0. The number of ketones is 1. The maximum atomic E-state index is 12.9. The number of rotatable bonds is 9. The molecular weight excluding hydrogens is 387 g/mol. The van der Waals surface area contributed by atoms with Crippen molar-refractivity contribution in [2.75, 3.05) is 25.0 Å². The van der Waals surface area contributed by atoms with Crippen LogP contribution in [-0.4, -0.2) is 25.4 Å². The highest BCUT2D eigenvalue weighted by molar-refractivity contribution is 6.30. The Bertz CT molecular complexity index is 954. The van der Waals surface area contributed by atoms with E-state index < -0.39 is 0 Å². The van der Waals surface area contributed by atoms with Gasteiger partial charge >= 0.3 is 0 Å². The first kappa shape index (κ1) is 20.8. The third-order valence-corrected chi connectivity index (χ3v) is 4.58. The second kappa shape index (κ2) is 10.6. The van der Waals surface area contributed by atoms with Crippen LogP contribution in [0.2, 0.25) is 5.02 Å². The van der Waals surface area contributed by atoms with E-state index in [4.69, 9.17) is 11.6 Å². The van der Waals surface area contributed by atoms with Crippen molar-refractivity contribution in [3.8, 4) is 0 Å². The topological polar surface area (TPSA) is 41.1 Å². The van der Waals surface area contributed by atoms with Crippen molar-refractivity contribution in [3.63, 3.8) is 0 Å². The summed E-state index contributed by atoms with van der Waals surface area (Å²) >= 11 is 5.96. The first-order valence-corrected chi connectivity index (χ1v) is 9.76. The number of benzene rings is 3. The molecule has 3 aromatic rings. The first-order chi connectivity index (χ1) is 14.1. The van der Waals surface area contributed by atoms with E-state index in [0.29, 0.717) is 35.8 Å². The summed E-state index contributed by atoms with van der Waals surface area (Å²) in [5, 5.41) is 7.17. The fourth-order valence-electron chi connectivity index (χ4n) is 2.82. The van der Waals surface area contributed by atoms with Crippen molar-refractivity contribution in [3.05, 3.63) is 106 Å². The largest absolute Gasteiger partial charge is 0.384 e. The maximum Gasteiger partial charge on any atom is 0.190 e. The number of hydrogen-bond donors (Lipinski definition) is 2. The monoisotopic (exact) mass is 408 g/mol. The molecule has 0 bridgehead atoms. The summed E-state index contributed by atoms with van der Waals surface area (Å²) in [7, 11) is 0. The lowest BCUT2D eigenvalue weighted by molar-refractivity contribution is 0.103. The molecule has 148 valence electrons. The molecule has 0 fully saturated rings. The zero-order chi connectivity index (χ0) is 20.5. The van der Waals surface area contributed by atoms with Gasteiger partial charge in [-0.05, 0) is 48.0 Å². The number of nitrogens with one attached hydrogen (secondary N) is 2. The standard InChI is InChI=1S/C24H22ClFN2O/c25-21-8-6-18(7-9-21)16-20(24(29)19-4-2-1-3-5-19)17-27-14-15-28-23-12-10-22(26)11-13-23/h1-13,16,27-28H,14-15,17H2/b20-16+. The second-order valence-electron chi connectivity index (χ2n) is 6.53. The van der Waals surface area contributed by atoms with E-state index in [2.05, 4.69) is 10.6 Å². The number of hydrogen-bond acceptors (Lipinski definition) is 3. The van der Waals surface area contributed by atoms with Gasteiger partial charge in [-0.3, -0.25) is 4.79 Å². The van der Waals surface area contributed by atoms with Crippen LogP contribution in [0.25, 0.3) is 6.08 Å². The summed E-state index contributed by atoms with van der Waals surface area (Å²) in [6.07, 6.45) is 1.88. The fourth-order valence-corrected chi connectivity index (χ4v) is 2.94. The fraction of sp³-hybridized carbons (Fsp3) is 0.125. The molecule has 0 aliphatic rings. The van der Waals surface area contributed by atoms with E-state index in [1.54, 1.807) is 24.3 Å². The number of carbonyl (C=O) groups excluding carboxylic acids is 1. The number of halogens is 2. The quantitative estimate of drug-likeness (QED) is 0.281. The molecule has 0 radical (unpaired) electrons. The van der Waals surface area contributed by atoms with Gasteiger partial charge in [0.1, 0.15) is 5.82 Å². The Hall–Kier alpha value is -2.95. The third kappa shape index (κ3) is 6.56. The maximum absolute atomic E-state index is 12.9. The van der Waals surface area contributed by atoms with E-state index in [0.717, 1.165) is 11.3 Å². The molecule has 0 saturated heterocycles. The minimum atomic E-state index is -0.259. The van der Waals surface area contributed by atoms with Gasteiger partial charge in [-0.15, -0.1) is 0 Å². The molecule has 0 saturated carbocycles. The summed E-state index contributed by atoms with van der Waals surface area (Å²) in [6, 6.07) is 22.8. The molecule has 5 heteroatoms. The second-order valence-corrected chi connectivity index (χ2v) is 6.96. The van der Waals surface area contributed by atoms with Gasteiger partial charge in [-0.1, -0.05) is 54.1 Å². The van der Waals surface area contributed by atoms with Crippen molar-refractivity contribution >= 4 is 29.1 Å². The number of Topliss-reactive ketones (excluding diaryl/α,β-unsaturated/α-hetero) is 1. The Balaban J connectivity index is 1.62. The molecule has 0 atom stereocenters. The summed E-state index contributed by atoms with van der Waals surface area (Å²) in [5.41, 5.74) is 3.09. The van der Waals surface area contributed by atoms with Gasteiger partial charge in [0.2, 0.25) is 0 Å². The van der Waals surface area contributed by atoms with Crippen LogP contribution in [0.3, 0.4) is 0 Å². The molecule has 3 nitrogen and oxygen atoms in total. The Kier molecular flexibility index (Phi) is 7.56. The highest BCUT2D eigenvalue weighted by Gasteiger charge is 2.12. The van der Waals surface area contributed by atoms with E-state index in [1.165, 1.54) is 12.1 Å². The van der Waals surface area contributed by atoms with Crippen LogP contribution in [-0.2, 0) is 0 Å². The smallest absolute Gasteiger partial charge is 0.190 e. The zero-order valence-electron chi connectivity index (χ0n) is 15.9. The Morgan fingerprint density at radius 1 is 0.897 bits per heavy atom. The van der Waals surface area contributed by atoms with E-state index in [1.807, 2.05) is 48.5 Å². The average molecular weight is 409 g/mol. The number of anilines is 1. The van der Waals surface area contributed by atoms with Crippen LogP contribution in [0, 0.1) is 5.82 Å². The Labute approximate surface area is 175 Å². The molecule has 0 aliphatic carbocycles. The van der Waals surface area contributed by atoms with Gasteiger partial charge in [-0.2, -0.15) is 0 Å². The minimum absolute atomic E-state index is 0.0143. The van der Waals surface area contributed by atoms with Gasteiger partial charge in [-0.25, -0.2) is 4.39 Å². The van der Waals surface area contributed by atoms with Gasteiger partial charge in [0.05, 0.1) is 0 Å². The van der Waals surface area contributed by atoms with Crippen LogP contribution in [0.1, 0.15) is 15.9 Å². The van der Waals surface area contributed by atoms with Crippen LogP contribution in [0.5, 0.6) is 0 Å². The van der Waals surface area contributed by atoms with Crippen molar-refractivity contribution < 1.29 is 9.18 Å². The number of carbonyl (C=O) groups is 1. The van der Waals surface area contributed by atoms with Crippen LogP contribution >= 0.6 is 11.6 Å². The van der Waals surface area contributed by atoms with Crippen LogP contribution in [0.15, 0.2) is 84.4 Å². The third-order valence-electron chi connectivity index (χ3n) is 4.33. The van der Waals surface area contributed by atoms with Gasteiger partial charge in [0.15, 0.2) is 5.78 Å². The molecule has 0 spiro atoms. The summed E-state index contributed by atoms with van der Waals surface area (Å²) in [6.45, 7) is 1.73. The van der Waals surface area contributed by atoms with E-state index >= 15 is 0 Å². The SMILES string of the molecule is O=C(/C(=C/c1ccc(Cl)cc1)CNCCNc1ccc(F)cc1)c1ccccc1. The average Bonchev–Trinajstić information content (AvgIpc) is 2.75. The predicted molar refractivity (Wildman–Crippen MR) is 118 cm³/mol. The summed E-state index contributed by atoms with van der Waals surface area (Å²) in [4.78, 5) is 12.9. The first-order valence-electron chi connectivity index (χ1n) is 9.38. The predicted octanol–water partition coefficient (Wildman–Crippen LogP) is 5.45. The Morgan fingerprint density at radius 2 is 1.59 bits per heavy atom. The van der Waals surface area contributed by atoms with E-state index in [-0.39, 0.29) is 11.6 Å². The van der Waals surface area contributed by atoms with Crippen LogP contribution in [0.4, 0.5) is 10.1 Å². The molecular formula is C24H22ClFN2O. The van der Waals surface area contributed by atoms with Crippen molar-refractivity contribution in [1.29, 1.82) is 0 Å². The van der Waals surface area contributed by atoms with E-state index in [9.17, 15) is 9.18 Å². The summed E-state index contributed by atoms with van der Waals surface area (Å²) < 4.78 is 12.9. The molecule has 0 aromatic heterocycles. The molecule has 0 heterocycles. The molecule has 0 unspecified atom stereocenters. The molecule has 0 amide bonds. The highest BCUT2D eigenvalue weighted by Crippen LogP contribution is 2.15. The van der Waals surface area contributed by atoms with Crippen molar-refractivity contribution in [1.82, 2.24) is 5.32 Å². The lowest BCUT2D eigenvalue weighted by Gasteiger charge is -2.11. The lowest BCUT2D eigenvalue weighted by Crippen LogP contribution is -2.26. The van der Waals surface area contributed by atoms with Gasteiger partial charge < -0.3 is 10.6 Å². The highest BCUT2D eigenvalue weighted by atomic mass is 35.5. The van der Waals surface area contributed by atoms with Crippen molar-refractivity contribution in [2.24, 2.45) is 0 Å². The minimum Gasteiger partial charge on any atom is -0.384 e. The normalized spacial score (nSPS) is 11.3.